The third kappa shape index (κ3) is 1.81. The summed E-state index contributed by atoms with van der Waals surface area (Å²) in [4.78, 5) is 38.4. The van der Waals surface area contributed by atoms with E-state index in [0.29, 0.717) is 17.0 Å². The Morgan fingerprint density at radius 1 is 1.13 bits per heavy atom. The second-order valence-electron chi connectivity index (χ2n) is 5.96. The molecule has 4 rings (SSSR count). The normalized spacial score (nSPS) is 31.0. The summed E-state index contributed by atoms with van der Waals surface area (Å²) in [6, 6.07) is 4.75. The minimum absolute atomic E-state index is 0.140. The van der Waals surface area contributed by atoms with Gasteiger partial charge in [-0.25, -0.2) is 4.90 Å². The van der Waals surface area contributed by atoms with Gasteiger partial charge in [0.05, 0.1) is 36.8 Å². The van der Waals surface area contributed by atoms with Crippen LogP contribution in [-0.4, -0.2) is 36.9 Å². The van der Waals surface area contributed by atoms with Gasteiger partial charge < -0.3 is 9.47 Å². The van der Waals surface area contributed by atoms with Crippen molar-refractivity contribution < 1.29 is 23.9 Å². The Bertz CT molecular complexity index is 738. The summed E-state index contributed by atoms with van der Waals surface area (Å²) in [6.07, 6.45) is 3.00. The van der Waals surface area contributed by atoms with Crippen LogP contribution in [0.15, 0.2) is 30.4 Å². The zero-order chi connectivity index (χ0) is 16.3. The Morgan fingerprint density at radius 2 is 1.74 bits per heavy atom. The molecule has 3 aliphatic rings. The second-order valence-corrected chi connectivity index (χ2v) is 5.96. The molecule has 2 amide bonds. The maximum absolute atomic E-state index is 12.8. The largest absolute Gasteiger partial charge is 0.495 e. The quantitative estimate of drug-likeness (QED) is 0.478. The predicted octanol–water partition coefficient (Wildman–Crippen LogP) is 1.34. The van der Waals surface area contributed by atoms with Crippen molar-refractivity contribution in [3.05, 3.63) is 35.9 Å². The van der Waals surface area contributed by atoms with Crippen LogP contribution in [0.25, 0.3) is 0 Å². The molecule has 3 aliphatic heterocycles. The van der Waals surface area contributed by atoms with Crippen molar-refractivity contribution in [2.24, 2.45) is 11.8 Å². The number of nitrogens with zero attached hydrogens (tertiary/aromatic N) is 1. The first-order chi connectivity index (χ1) is 11.0. The lowest BCUT2D eigenvalue weighted by molar-refractivity contribution is -0.124. The minimum atomic E-state index is -0.483. The van der Waals surface area contributed by atoms with Crippen molar-refractivity contribution >= 4 is 23.3 Å². The van der Waals surface area contributed by atoms with Crippen LogP contribution in [0.2, 0.25) is 0 Å². The number of carbonyl (C=O) groups is 3. The maximum atomic E-state index is 12.8. The van der Waals surface area contributed by atoms with Crippen molar-refractivity contribution in [1.82, 2.24) is 0 Å². The van der Waals surface area contributed by atoms with Gasteiger partial charge in [-0.05, 0) is 25.1 Å². The maximum Gasteiger partial charge on any atom is 0.240 e. The van der Waals surface area contributed by atoms with Gasteiger partial charge in [-0.15, -0.1) is 0 Å². The molecule has 118 valence electrons. The number of imide groups is 1. The number of hydrogen-bond acceptors (Lipinski definition) is 5. The average Bonchev–Trinajstić information content (AvgIpc) is 3.21. The fourth-order valence-corrected chi connectivity index (χ4v) is 3.62. The first kappa shape index (κ1) is 14.1. The molecule has 2 bridgehead atoms. The molecule has 0 saturated carbocycles. The van der Waals surface area contributed by atoms with Crippen LogP contribution < -0.4 is 9.64 Å². The van der Waals surface area contributed by atoms with E-state index < -0.39 is 11.8 Å². The van der Waals surface area contributed by atoms with Gasteiger partial charge in [0.2, 0.25) is 11.8 Å². The van der Waals surface area contributed by atoms with Crippen molar-refractivity contribution in [3.63, 3.8) is 0 Å². The standard InChI is InChI=1S/C17H15NO5/c1-8(19)9-3-4-11(22-2)10(7-9)18-16(20)14-12-5-6-13(23-12)15(14)17(18)21/h3-7,12-15H,1-2H3/t12-,13+,14?,15?. The highest BCUT2D eigenvalue weighted by atomic mass is 16.5. The van der Waals surface area contributed by atoms with Gasteiger partial charge in [-0.1, -0.05) is 12.2 Å². The van der Waals surface area contributed by atoms with Gasteiger partial charge in [0, 0.05) is 5.56 Å². The first-order valence-electron chi connectivity index (χ1n) is 7.43. The molecular weight excluding hydrogens is 298 g/mol. The van der Waals surface area contributed by atoms with E-state index in [0.717, 1.165) is 4.90 Å². The Labute approximate surface area is 132 Å². The van der Waals surface area contributed by atoms with E-state index in [1.165, 1.54) is 20.1 Å². The molecule has 3 heterocycles. The molecule has 2 unspecified atom stereocenters. The third-order valence-electron chi connectivity index (χ3n) is 4.74. The summed E-state index contributed by atoms with van der Waals surface area (Å²) in [5.41, 5.74) is 0.750. The summed E-state index contributed by atoms with van der Waals surface area (Å²) in [5.74, 6) is -1.31. The number of Topliss-reactive ketones (excluding diaryl/α,β-unsaturated/α-hetero) is 1. The van der Waals surface area contributed by atoms with Gasteiger partial charge in [-0.3, -0.25) is 14.4 Å². The smallest absolute Gasteiger partial charge is 0.240 e. The second kappa shape index (κ2) is 4.76. The van der Waals surface area contributed by atoms with E-state index in [4.69, 9.17) is 9.47 Å². The van der Waals surface area contributed by atoms with Gasteiger partial charge in [0.1, 0.15) is 5.75 Å². The number of ether oxygens (including phenoxy) is 2. The van der Waals surface area contributed by atoms with E-state index >= 15 is 0 Å². The number of hydrogen-bond donors (Lipinski definition) is 0. The molecule has 1 aromatic rings. The van der Waals surface area contributed by atoms with Crippen LogP contribution >= 0.6 is 0 Å². The first-order valence-corrected chi connectivity index (χ1v) is 7.43. The predicted molar refractivity (Wildman–Crippen MR) is 80.3 cm³/mol. The van der Waals surface area contributed by atoms with Gasteiger partial charge in [0.25, 0.3) is 0 Å². The Hall–Kier alpha value is -2.47. The molecule has 23 heavy (non-hydrogen) atoms. The van der Waals surface area contributed by atoms with Crippen LogP contribution in [0.1, 0.15) is 17.3 Å². The molecule has 0 aliphatic carbocycles. The fraction of sp³-hybridized carbons (Fsp3) is 0.353. The minimum Gasteiger partial charge on any atom is -0.495 e. The monoisotopic (exact) mass is 313 g/mol. The fourth-order valence-electron chi connectivity index (χ4n) is 3.62. The lowest BCUT2D eigenvalue weighted by Gasteiger charge is -2.20. The highest BCUT2D eigenvalue weighted by Crippen LogP contribution is 2.47. The molecule has 6 heteroatoms. The molecule has 0 N–H and O–H groups in total. The van der Waals surface area contributed by atoms with Crippen LogP contribution in [0.4, 0.5) is 5.69 Å². The van der Waals surface area contributed by atoms with E-state index in [9.17, 15) is 14.4 Å². The van der Waals surface area contributed by atoms with Gasteiger partial charge in [0.15, 0.2) is 5.78 Å². The molecule has 0 aromatic heterocycles. The Morgan fingerprint density at radius 3 is 2.26 bits per heavy atom. The summed E-state index contributed by atoms with van der Waals surface area (Å²) < 4.78 is 10.9. The molecule has 2 fully saturated rings. The average molecular weight is 313 g/mol. The molecule has 0 spiro atoms. The van der Waals surface area contributed by atoms with Crippen molar-refractivity contribution in [2.75, 3.05) is 12.0 Å². The van der Waals surface area contributed by atoms with Crippen molar-refractivity contribution in [1.29, 1.82) is 0 Å². The number of ketones is 1. The summed E-state index contributed by atoms with van der Waals surface area (Å²) in [6.45, 7) is 1.44. The summed E-state index contributed by atoms with van der Waals surface area (Å²) in [5, 5.41) is 0. The molecule has 4 atom stereocenters. The zero-order valence-electron chi connectivity index (χ0n) is 12.7. The number of methoxy groups -OCH3 is 1. The molecular formula is C17H15NO5. The number of carbonyl (C=O) groups excluding carboxylic acids is 3. The zero-order valence-corrected chi connectivity index (χ0v) is 12.7. The van der Waals surface area contributed by atoms with Gasteiger partial charge in [-0.2, -0.15) is 0 Å². The number of benzene rings is 1. The number of rotatable bonds is 3. The lowest BCUT2D eigenvalue weighted by Crippen LogP contribution is -2.34. The molecule has 2 saturated heterocycles. The Kier molecular flexibility index (Phi) is 2.93. The van der Waals surface area contributed by atoms with Crippen molar-refractivity contribution in [3.8, 4) is 5.75 Å². The highest BCUT2D eigenvalue weighted by Gasteiger charge is 2.61. The van der Waals surface area contributed by atoms with Crippen molar-refractivity contribution in [2.45, 2.75) is 19.1 Å². The third-order valence-corrected chi connectivity index (χ3v) is 4.74. The van der Waals surface area contributed by atoms with E-state index in [-0.39, 0.29) is 29.8 Å². The van der Waals surface area contributed by atoms with E-state index in [2.05, 4.69) is 0 Å². The topological polar surface area (TPSA) is 72.9 Å². The summed E-state index contributed by atoms with van der Waals surface area (Å²) in [7, 11) is 1.46. The van der Waals surface area contributed by atoms with Crippen LogP contribution in [0.5, 0.6) is 5.75 Å². The van der Waals surface area contributed by atoms with Crippen LogP contribution in [-0.2, 0) is 14.3 Å². The number of anilines is 1. The highest BCUT2D eigenvalue weighted by molar-refractivity contribution is 6.24. The SMILES string of the molecule is COc1ccc(C(C)=O)cc1N1C(=O)C2C(C1=O)[C@H]1C=C[C@@H]2O1. The van der Waals surface area contributed by atoms with Gasteiger partial charge >= 0.3 is 0 Å². The lowest BCUT2D eigenvalue weighted by atomic mass is 9.85. The van der Waals surface area contributed by atoms with E-state index in [1.807, 2.05) is 12.2 Å². The van der Waals surface area contributed by atoms with Crippen LogP contribution in [0, 0.1) is 11.8 Å². The molecule has 6 nitrogen and oxygen atoms in total. The van der Waals surface area contributed by atoms with E-state index in [1.54, 1.807) is 12.1 Å². The summed E-state index contributed by atoms with van der Waals surface area (Å²) >= 11 is 0. The van der Waals surface area contributed by atoms with Crippen LogP contribution in [0.3, 0.4) is 0 Å². The number of amides is 2. The molecule has 1 aromatic carbocycles. The number of fused-ring (bicyclic) bond motifs is 5. The Balaban J connectivity index is 1.80. The molecule has 0 radical (unpaired) electrons.